The van der Waals surface area contributed by atoms with E-state index in [-0.39, 0.29) is 17.0 Å². The van der Waals surface area contributed by atoms with Crippen LogP contribution in [0.3, 0.4) is 0 Å². The summed E-state index contributed by atoms with van der Waals surface area (Å²) >= 11 is 1.40. The van der Waals surface area contributed by atoms with E-state index in [9.17, 15) is 22.4 Å². The lowest BCUT2D eigenvalue weighted by Gasteiger charge is -2.29. The number of amides is 2. The van der Waals surface area contributed by atoms with E-state index in [1.165, 1.54) is 63.0 Å². The molecule has 178 valence electrons. The number of hydrogen-bond acceptors (Lipinski definition) is 5. The minimum Gasteiger partial charge on any atom is -0.324 e. The molecule has 1 N–H and O–H groups in total. The van der Waals surface area contributed by atoms with Crippen LogP contribution in [0.2, 0.25) is 0 Å². The summed E-state index contributed by atoms with van der Waals surface area (Å²) in [5, 5.41) is 4.60. The van der Waals surface area contributed by atoms with Crippen LogP contribution in [-0.2, 0) is 14.8 Å². The van der Waals surface area contributed by atoms with Gasteiger partial charge in [-0.3, -0.25) is 9.59 Å². The Bertz CT molecular complexity index is 1300. The molecule has 34 heavy (non-hydrogen) atoms. The third-order valence-corrected chi connectivity index (χ3v) is 8.71. The van der Waals surface area contributed by atoms with Gasteiger partial charge in [0.05, 0.1) is 10.9 Å². The van der Waals surface area contributed by atoms with Crippen molar-refractivity contribution in [3.05, 3.63) is 81.8 Å². The fourth-order valence-electron chi connectivity index (χ4n) is 4.07. The average Bonchev–Trinajstić information content (AvgIpc) is 3.30. The SMILES string of the molecule is CCN(CC)S(=O)(=O)c1ccc(C(=O)N2CC(=O)Nc3ccc(F)cc3C2c2cccs2)cc1. The van der Waals surface area contributed by atoms with Gasteiger partial charge < -0.3 is 10.2 Å². The molecule has 1 aliphatic heterocycles. The number of carbonyl (C=O) groups excluding carboxylic acids is 2. The van der Waals surface area contributed by atoms with Crippen molar-refractivity contribution >= 4 is 38.9 Å². The van der Waals surface area contributed by atoms with E-state index in [0.29, 0.717) is 24.3 Å². The second-order valence-corrected chi connectivity index (χ2v) is 10.7. The predicted octanol–water partition coefficient (Wildman–Crippen LogP) is 4.10. The maximum Gasteiger partial charge on any atom is 0.255 e. The van der Waals surface area contributed by atoms with Crippen LogP contribution in [-0.4, -0.2) is 49.1 Å². The maximum atomic E-state index is 14.2. The Morgan fingerprint density at radius 2 is 1.85 bits per heavy atom. The van der Waals surface area contributed by atoms with Crippen LogP contribution in [0.25, 0.3) is 0 Å². The number of hydrogen-bond donors (Lipinski definition) is 1. The van der Waals surface area contributed by atoms with E-state index in [0.717, 1.165) is 4.88 Å². The summed E-state index contributed by atoms with van der Waals surface area (Å²) < 4.78 is 41.1. The van der Waals surface area contributed by atoms with E-state index >= 15 is 0 Å². The summed E-state index contributed by atoms with van der Waals surface area (Å²) in [5.74, 6) is -1.34. The molecule has 0 saturated carbocycles. The number of anilines is 1. The first kappa shape index (κ1) is 24.1. The van der Waals surface area contributed by atoms with Crippen molar-refractivity contribution in [2.24, 2.45) is 0 Å². The van der Waals surface area contributed by atoms with Crippen LogP contribution in [0, 0.1) is 5.82 Å². The number of thiophene rings is 1. The summed E-state index contributed by atoms with van der Waals surface area (Å²) in [6.07, 6.45) is 0. The lowest BCUT2D eigenvalue weighted by molar-refractivity contribution is -0.117. The van der Waals surface area contributed by atoms with Gasteiger partial charge >= 0.3 is 0 Å². The number of halogens is 1. The first-order valence-electron chi connectivity index (χ1n) is 10.8. The smallest absolute Gasteiger partial charge is 0.255 e. The minimum atomic E-state index is -3.67. The van der Waals surface area contributed by atoms with Gasteiger partial charge in [-0.05, 0) is 53.9 Å². The van der Waals surface area contributed by atoms with E-state index in [1.54, 1.807) is 13.8 Å². The second-order valence-electron chi connectivity index (χ2n) is 7.74. The number of sulfonamides is 1. The summed E-state index contributed by atoms with van der Waals surface area (Å²) in [6.45, 7) is 3.95. The Kier molecular flexibility index (Phi) is 6.83. The molecule has 1 atom stereocenters. The molecule has 0 aliphatic carbocycles. The van der Waals surface area contributed by atoms with Crippen molar-refractivity contribution in [1.29, 1.82) is 0 Å². The molecule has 0 saturated heterocycles. The average molecular weight is 502 g/mol. The van der Waals surface area contributed by atoms with Gasteiger partial charge in [0.1, 0.15) is 12.4 Å². The number of fused-ring (bicyclic) bond motifs is 1. The van der Waals surface area contributed by atoms with Crippen molar-refractivity contribution in [3.63, 3.8) is 0 Å². The molecule has 0 bridgehead atoms. The molecular weight excluding hydrogens is 477 g/mol. The summed E-state index contributed by atoms with van der Waals surface area (Å²) in [5.41, 5.74) is 1.15. The lowest BCUT2D eigenvalue weighted by atomic mass is 10.0. The van der Waals surface area contributed by atoms with Crippen molar-refractivity contribution in [3.8, 4) is 0 Å². The normalized spacial score (nSPS) is 16.2. The van der Waals surface area contributed by atoms with E-state index in [2.05, 4.69) is 5.32 Å². The molecule has 7 nitrogen and oxygen atoms in total. The van der Waals surface area contributed by atoms with E-state index in [4.69, 9.17) is 0 Å². The zero-order valence-corrected chi connectivity index (χ0v) is 20.3. The quantitative estimate of drug-likeness (QED) is 0.551. The number of benzene rings is 2. The van der Waals surface area contributed by atoms with Crippen molar-refractivity contribution < 1.29 is 22.4 Å². The summed E-state index contributed by atoms with van der Waals surface area (Å²) in [7, 11) is -3.67. The Morgan fingerprint density at radius 1 is 1.15 bits per heavy atom. The molecule has 2 heterocycles. The van der Waals surface area contributed by atoms with E-state index < -0.39 is 33.7 Å². The molecule has 4 rings (SSSR count). The molecule has 1 aromatic heterocycles. The van der Waals surface area contributed by atoms with E-state index in [1.807, 2.05) is 17.5 Å². The van der Waals surface area contributed by atoms with Gasteiger partial charge in [-0.25, -0.2) is 12.8 Å². The fraction of sp³-hybridized carbons (Fsp3) is 0.250. The maximum absolute atomic E-state index is 14.2. The summed E-state index contributed by atoms with van der Waals surface area (Å²) in [6, 6.07) is 12.7. The largest absolute Gasteiger partial charge is 0.324 e. The van der Waals surface area contributed by atoms with Gasteiger partial charge in [0, 0.05) is 34.8 Å². The molecule has 1 unspecified atom stereocenters. The molecule has 3 aromatic rings. The summed E-state index contributed by atoms with van der Waals surface area (Å²) in [4.78, 5) is 28.5. The number of nitrogens with zero attached hydrogens (tertiary/aromatic N) is 2. The topological polar surface area (TPSA) is 86.8 Å². The van der Waals surface area contributed by atoms with Crippen molar-refractivity contribution in [1.82, 2.24) is 9.21 Å². The molecule has 1 aliphatic rings. The van der Waals surface area contributed by atoms with Gasteiger partial charge in [0.2, 0.25) is 15.9 Å². The zero-order chi connectivity index (χ0) is 24.5. The van der Waals surface area contributed by atoms with Crippen molar-refractivity contribution in [2.75, 3.05) is 25.0 Å². The van der Waals surface area contributed by atoms with Crippen LogP contribution in [0.4, 0.5) is 10.1 Å². The Morgan fingerprint density at radius 3 is 2.47 bits per heavy atom. The van der Waals surface area contributed by atoms with Crippen LogP contribution in [0.15, 0.2) is 64.9 Å². The number of rotatable bonds is 6. The van der Waals surface area contributed by atoms with Gasteiger partial charge in [0.25, 0.3) is 5.91 Å². The molecular formula is C24H24FN3O4S2. The van der Waals surface area contributed by atoms with Crippen LogP contribution in [0.1, 0.15) is 40.7 Å². The molecule has 10 heteroatoms. The Balaban J connectivity index is 1.75. The standard InChI is InChI=1S/C24H24FN3O4S2/c1-3-27(4-2)34(31,32)18-10-7-16(8-11-18)24(30)28-15-22(29)26-20-12-9-17(25)14-19(20)23(28)21-6-5-13-33-21/h5-14,23H,3-4,15H2,1-2H3,(H,26,29). The highest BCUT2D eigenvalue weighted by Gasteiger charge is 2.35. The molecule has 0 fully saturated rings. The van der Waals surface area contributed by atoms with Crippen LogP contribution in [0.5, 0.6) is 0 Å². The second kappa shape index (κ2) is 9.65. The molecule has 0 spiro atoms. The van der Waals surface area contributed by atoms with Gasteiger partial charge in [0.15, 0.2) is 0 Å². The first-order chi connectivity index (χ1) is 16.3. The highest BCUT2D eigenvalue weighted by atomic mass is 32.2. The molecule has 0 radical (unpaired) electrons. The molecule has 2 amide bonds. The van der Waals surface area contributed by atoms with Crippen LogP contribution >= 0.6 is 11.3 Å². The Hall–Kier alpha value is -3.08. The lowest BCUT2D eigenvalue weighted by Crippen LogP contribution is -2.38. The number of carbonyl (C=O) groups is 2. The monoisotopic (exact) mass is 501 g/mol. The van der Waals surface area contributed by atoms with Gasteiger partial charge in [-0.15, -0.1) is 11.3 Å². The number of nitrogens with one attached hydrogen (secondary N) is 1. The highest BCUT2D eigenvalue weighted by Crippen LogP contribution is 2.38. The third kappa shape index (κ3) is 4.48. The third-order valence-electron chi connectivity index (χ3n) is 5.73. The fourth-order valence-corrected chi connectivity index (χ4v) is 6.38. The molecule has 2 aromatic carbocycles. The minimum absolute atomic E-state index is 0.0867. The van der Waals surface area contributed by atoms with Crippen LogP contribution < -0.4 is 5.32 Å². The zero-order valence-electron chi connectivity index (χ0n) is 18.7. The predicted molar refractivity (Wildman–Crippen MR) is 129 cm³/mol. The Labute approximate surface area is 201 Å². The van der Waals surface area contributed by atoms with Crippen molar-refractivity contribution in [2.45, 2.75) is 24.8 Å². The first-order valence-corrected chi connectivity index (χ1v) is 13.1. The van der Waals surface area contributed by atoms with Gasteiger partial charge in [-0.2, -0.15) is 4.31 Å². The van der Waals surface area contributed by atoms with Gasteiger partial charge in [-0.1, -0.05) is 19.9 Å². The highest BCUT2D eigenvalue weighted by molar-refractivity contribution is 7.89.